The minimum Gasteiger partial charge on any atom is -0.462 e. The molecule has 0 aliphatic carbocycles. The molecule has 17 nitrogen and oxygen atoms in total. The fourth-order valence-electron chi connectivity index (χ4n) is 9.68. The van der Waals surface area contributed by atoms with Gasteiger partial charge in [0, 0.05) is 25.7 Å². The fourth-order valence-corrected chi connectivity index (χ4v) is 11.3. The van der Waals surface area contributed by atoms with Gasteiger partial charge in [-0.05, 0) is 37.5 Å². The molecule has 84 heavy (non-hydrogen) atoms. The van der Waals surface area contributed by atoms with Crippen molar-refractivity contribution < 1.29 is 80.2 Å². The first-order valence-corrected chi connectivity index (χ1v) is 37.0. The highest BCUT2D eigenvalue weighted by molar-refractivity contribution is 7.47. The highest BCUT2D eigenvalue weighted by atomic mass is 31.2. The molecule has 0 saturated heterocycles. The second-order valence-corrected chi connectivity index (χ2v) is 27.1. The van der Waals surface area contributed by atoms with Gasteiger partial charge in [-0.15, -0.1) is 0 Å². The standard InChI is InChI=1S/C65H126O17P2/c1-7-10-12-14-16-22-31-37-43-49-64(69)81-60(53-75-62(67)47-41-35-27-15-13-11-8-2)55-79-83(71,72)77-51-59(66)52-78-84(73,74)80-56-61(54-76-63(68)48-42-36-30-26-25-29-34-40-46-58(6)9-3)82-65(70)50-44-38-32-24-21-19-17-18-20-23-28-33-39-45-57(4)5/h57-61,66H,7-56H2,1-6H3,(H,71,72)(H,73,74)/t58?,59-,60+,61+/m0/s1. The molecule has 0 amide bonds. The topological polar surface area (TPSA) is 237 Å². The van der Waals surface area contributed by atoms with E-state index in [9.17, 15) is 43.2 Å². The van der Waals surface area contributed by atoms with Crippen LogP contribution in [0.1, 0.15) is 324 Å². The quantitative estimate of drug-likeness (QED) is 0.0222. The normalized spacial score (nSPS) is 14.6. The summed E-state index contributed by atoms with van der Waals surface area (Å²) in [5.41, 5.74) is 0. The van der Waals surface area contributed by atoms with Crippen molar-refractivity contribution in [3.8, 4) is 0 Å². The van der Waals surface area contributed by atoms with Gasteiger partial charge >= 0.3 is 39.5 Å². The second kappa shape index (κ2) is 57.5. The number of phosphoric ester groups is 2. The van der Waals surface area contributed by atoms with E-state index in [1.54, 1.807) is 0 Å². The molecule has 0 rings (SSSR count). The maximum atomic E-state index is 13.0. The minimum absolute atomic E-state index is 0.105. The predicted molar refractivity (Wildman–Crippen MR) is 335 cm³/mol. The molecule has 0 saturated carbocycles. The lowest BCUT2D eigenvalue weighted by atomic mass is 9.99. The van der Waals surface area contributed by atoms with Crippen molar-refractivity contribution in [1.29, 1.82) is 0 Å². The molecule has 498 valence electrons. The van der Waals surface area contributed by atoms with Gasteiger partial charge in [-0.25, -0.2) is 9.13 Å². The van der Waals surface area contributed by atoms with Crippen LogP contribution in [0.2, 0.25) is 0 Å². The van der Waals surface area contributed by atoms with Crippen molar-refractivity contribution in [3.63, 3.8) is 0 Å². The number of ether oxygens (including phenoxy) is 4. The van der Waals surface area contributed by atoms with Gasteiger partial charge in [0.1, 0.15) is 19.3 Å². The van der Waals surface area contributed by atoms with Gasteiger partial charge in [-0.3, -0.25) is 37.3 Å². The summed E-state index contributed by atoms with van der Waals surface area (Å²) in [5, 5.41) is 10.5. The Morgan fingerprint density at radius 2 is 0.607 bits per heavy atom. The van der Waals surface area contributed by atoms with Gasteiger partial charge in [0.2, 0.25) is 0 Å². The summed E-state index contributed by atoms with van der Waals surface area (Å²) in [6.07, 6.45) is 40.4. The third-order valence-corrected chi connectivity index (χ3v) is 17.2. The van der Waals surface area contributed by atoms with Gasteiger partial charge in [0.05, 0.1) is 26.4 Å². The summed E-state index contributed by atoms with van der Waals surface area (Å²) in [4.78, 5) is 72.1. The molecule has 0 aromatic heterocycles. The molecule has 0 radical (unpaired) electrons. The SMILES string of the molecule is CCCCCCCCCCCC(=O)O[C@H](COC(=O)CCCCCCCCC)COP(=O)(O)OC[C@H](O)COP(=O)(O)OC[C@@H](COC(=O)CCCCCCCCCCC(C)CC)OC(=O)CCCCCCCCCCCCCCCC(C)C. The molecule has 0 fully saturated rings. The van der Waals surface area contributed by atoms with Gasteiger partial charge in [0.25, 0.3) is 0 Å². The Morgan fingerprint density at radius 3 is 0.905 bits per heavy atom. The number of aliphatic hydroxyl groups excluding tert-OH is 1. The summed E-state index contributed by atoms with van der Waals surface area (Å²) >= 11 is 0. The third kappa shape index (κ3) is 57.8. The molecule has 6 atom stereocenters. The fraction of sp³-hybridized carbons (Fsp3) is 0.938. The van der Waals surface area contributed by atoms with E-state index >= 15 is 0 Å². The second-order valence-electron chi connectivity index (χ2n) is 24.2. The zero-order valence-electron chi connectivity index (χ0n) is 54.2. The molecule has 0 aliphatic rings. The molecule has 0 aromatic carbocycles. The lowest BCUT2D eigenvalue weighted by Crippen LogP contribution is -2.30. The predicted octanol–water partition coefficient (Wildman–Crippen LogP) is 18.0. The van der Waals surface area contributed by atoms with E-state index in [2.05, 4.69) is 41.5 Å². The molecule has 0 aliphatic heterocycles. The highest BCUT2D eigenvalue weighted by Gasteiger charge is 2.30. The first-order valence-electron chi connectivity index (χ1n) is 34.0. The molecule has 0 bridgehead atoms. The first kappa shape index (κ1) is 82.1. The Labute approximate surface area is 511 Å². The summed E-state index contributed by atoms with van der Waals surface area (Å²) in [6.45, 7) is 9.47. The van der Waals surface area contributed by atoms with Crippen molar-refractivity contribution in [2.24, 2.45) is 11.8 Å². The summed E-state index contributed by atoms with van der Waals surface area (Å²) in [7, 11) is -9.88. The van der Waals surface area contributed by atoms with Crippen molar-refractivity contribution in [1.82, 2.24) is 0 Å². The van der Waals surface area contributed by atoms with Crippen molar-refractivity contribution in [3.05, 3.63) is 0 Å². The highest BCUT2D eigenvalue weighted by Crippen LogP contribution is 2.45. The number of hydrogen-bond acceptors (Lipinski definition) is 15. The Kier molecular flexibility index (Phi) is 56.2. The van der Waals surface area contributed by atoms with E-state index in [-0.39, 0.29) is 25.7 Å². The van der Waals surface area contributed by atoms with E-state index < -0.39 is 97.5 Å². The summed E-state index contributed by atoms with van der Waals surface area (Å²) in [6, 6.07) is 0. The Bertz CT molecular complexity index is 1650. The molecule has 19 heteroatoms. The van der Waals surface area contributed by atoms with E-state index in [0.717, 1.165) is 115 Å². The maximum Gasteiger partial charge on any atom is 0.472 e. The number of unbranched alkanes of at least 4 members (excludes halogenated alkanes) is 33. The lowest BCUT2D eigenvalue weighted by Gasteiger charge is -2.21. The molecule has 0 aromatic rings. The van der Waals surface area contributed by atoms with Gasteiger partial charge in [0.15, 0.2) is 12.2 Å². The van der Waals surface area contributed by atoms with Crippen LogP contribution in [-0.4, -0.2) is 96.7 Å². The van der Waals surface area contributed by atoms with E-state index in [0.29, 0.717) is 25.7 Å². The van der Waals surface area contributed by atoms with Crippen LogP contribution in [0.3, 0.4) is 0 Å². The van der Waals surface area contributed by atoms with Crippen LogP contribution < -0.4 is 0 Å². The van der Waals surface area contributed by atoms with Crippen LogP contribution in [0.5, 0.6) is 0 Å². The average Bonchev–Trinajstić information content (AvgIpc) is 3.61. The van der Waals surface area contributed by atoms with Crippen molar-refractivity contribution >= 4 is 39.5 Å². The minimum atomic E-state index is -4.95. The van der Waals surface area contributed by atoms with Gasteiger partial charge < -0.3 is 33.8 Å². The Morgan fingerprint density at radius 1 is 0.345 bits per heavy atom. The molecule has 3 unspecified atom stereocenters. The largest absolute Gasteiger partial charge is 0.472 e. The number of hydrogen-bond donors (Lipinski definition) is 3. The molecular formula is C65H126O17P2. The van der Waals surface area contributed by atoms with Gasteiger partial charge in [-0.1, -0.05) is 273 Å². The Hall–Kier alpha value is -1.94. The third-order valence-electron chi connectivity index (χ3n) is 15.3. The van der Waals surface area contributed by atoms with Crippen molar-refractivity contribution in [2.75, 3.05) is 39.6 Å². The van der Waals surface area contributed by atoms with E-state index in [1.807, 2.05) is 0 Å². The smallest absolute Gasteiger partial charge is 0.462 e. The maximum absolute atomic E-state index is 13.0. The number of aliphatic hydroxyl groups is 1. The zero-order valence-corrected chi connectivity index (χ0v) is 56.0. The van der Waals surface area contributed by atoms with Gasteiger partial charge in [-0.2, -0.15) is 0 Å². The number of carbonyl (C=O) groups is 4. The van der Waals surface area contributed by atoms with Crippen LogP contribution in [0.25, 0.3) is 0 Å². The Balaban J connectivity index is 5.20. The number of esters is 4. The van der Waals surface area contributed by atoms with E-state index in [4.69, 9.17) is 37.0 Å². The number of carbonyl (C=O) groups excluding carboxylic acids is 4. The average molecular weight is 1240 g/mol. The van der Waals surface area contributed by atoms with Crippen molar-refractivity contribution in [2.45, 2.75) is 342 Å². The lowest BCUT2D eigenvalue weighted by molar-refractivity contribution is -0.161. The molecule has 3 N–H and O–H groups in total. The van der Waals surface area contributed by atoms with Crippen LogP contribution in [0.4, 0.5) is 0 Å². The van der Waals surface area contributed by atoms with Crippen LogP contribution in [0.15, 0.2) is 0 Å². The monoisotopic (exact) mass is 1240 g/mol. The number of phosphoric acid groups is 2. The molecular weight excluding hydrogens is 1110 g/mol. The number of rotatable bonds is 64. The van der Waals surface area contributed by atoms with E-state index in [1.165, 1.54) is 128 Å². The summed E-state index contributed by atoms with van der Waals surface area (Å²) in [5.74, 6) is -0.573. The molecule has 0 heterocycles. The molecule has 0 spiro atoms. The van der Waals surface area contributed by atoms with Crippen LogP contribution in [-0.2, 0) is 65.4 Å². The summed E-state index contributed by atoms with van der Waals surface area (Å²) < 4.78 is 67.9. The first-order chi connectivity index (χ1) is 40.4. The zero-order chi connectivity index (χ0) is 62.2. The van der Waals surface area contributed by atoms with Crippen LogP contribution in [0, 0.1) is 11.8 Å². The van der Waals surface area contributed by atoms with Crippen LogP contribution >= 0.6 is 15.6 Å².